The Kier molecular flexibility index (Phi) is 5.61. The minimum absolute atomic E-state index is 0.0161. The SMILES string of the molecule is O=C(O)c1cc(-c2ccc(Cl)s2)nc2ccc(S(=O)(=O)N3CCCCCC3)cc12. The van der Waals surface area contributed by atoms with Gasteiger partial charge in [0.15, 0.2) is 0 Å². The molecule has 9 heteroatoms. The molecule has 1 aliphatic rings. The van der Waals surface area contributed by atoms with E-state index in [4.69, 9.17) is 11.6 Å². The lowest BCUT2D eigenvalue weighted by Crippen LogP contribution is -2.31. The molecule has 1 aliphatic heterocycles. The fourth-order valence-corrected chi connectivity index (χ4v) is 6.10. The van der Waals surface area contributed by atoms with Crippen LogP contribution >= 0.6 is 22.9 Å². The maximum atomic E-state index is 13.1. The van der Waals surface area contributed by atoms with Crippen molar-refractivity contribution in [3.8, 4) is 10.6 Å². The molecule has 0 radical (unpaired) electrons. The van der Waals surface area contributed by atoms with Gasteiger partial charge in [0.05, 0.1) is 30.9 Å². The molecule has 0 aliphatic carbocycles. The fourth-order valence-electron chi connectivity index (χ4n) is 3.55. The second-order valence-corrected chi connectivity index (χ2v) is 10.6. The minimum Gasteiger partial charge on any atom is -0.478 e. The number of nitrogens with zero attached hydrogens (tertiary/aromatic N) is 2. The van der Waals surface area contributed by atoms with E-state index in [1.165, 1.54) is 33.8 Å². The highest BCUT2D eigenvalue weighted by Crippen LogP contribution is 2.33. The molecule has 1 aromatic carbocycles. The van der Waals surface area contributed by atoms with Gasteiger partial charge in [0.25, 0.3) is 0 Å². The number of carbonyl (C=O) groups is 1. The first-order chi connectivity index (χ1) is 13.9. The summed E-state index contributed by atoms with van der Waals surface area (Å²) >= 11 is 7.30. The zero-order chi connectivity index (χ0) is 20.6. The Bertz CT molecular complexity index is 1180. The van der Waals surface area contributed by atoms with Crippen molar-refractivity contribution >= 4 is 49.8 Å². The lowest BCUT2D eigenvalue weighted by atomic mass is 10.1. The number of carboxylic acids is 1. The summed E-state index contributed by atoms with van der Waals surface area (Å²) in [4.78, 5) is 17.3. The van der Waals surface area contributed by atoms with E-state index in [1.807, 2.05) is 0 Å². The van der Waals surface area contributed by atoms with Gasteiger partial charge in [0, 0.05) is 18.5 Å². The predicted octanol–water partition coefficient (Wildman–Crippen LogP) is 4.88. The first kappa shape index (κ1) is 20.3. The summed E-state index contributed by atoms with van der Waals surface area (Å²) in [7, 11) is -3.68. The molecule has 0 atom stereocenters. The van der Waals surface area contributed by atoms with Crippen LogP contribution in [0.25, 0.3) is 21.5 Å². The Morgan fingerprint density at radius 3 is 2.41 bits per heavy atom. The molecule has 0 unspecified atom stereocenters. The smallest absolute Gasteiger partial charge is 0.336 e. The molecule has 6 nitrogen and oxygen atoms in total. The third-order valence-corrected chi connectivity index (χ3v) is 8.19. The highest BCUT2D eigenvalue weighted by Gasteiger charge is 2.26. The van der Waals surface area contributed by atoms with Crippen LogP contribution in [0, 0.1) is 0 Å². The van der Waals surface area contributed by atoms with Gasteiger partial charge in [0.2, 0.25) is 10.0 Å². The summed E-state index contributed by atoms with van der Waals surface area (Å²) in [5.41, 5.74) is 0.941. The maximum absolute atomic E-state index is 13.1. The molecule has 1 N–H and O–H groups in total. The first-order valence-electron chi connectivity index (χ1n) is 9.30. The summed E-state index contributed by atoms with van der Waals surface area (Å²) in [6.45, 7) is 0.977. The maximum Gasteiger partial charge on any atom is 0.336 e. The third-order valence-electron chi connectivity index (χ3n) is 5.04. The van der Waals surface area contributed by atoms with Crippen molar-refractivity contribution < 1.29 is 18.3 Å². The van der Waals surface area contributed by atoms with Gasteiger partial charge in [-0.05, 0) is 49.2 Å². The second-order valence-electron chi connectivity index (χ2n) is 6.96. The molecule has 1 fully saturated rings. The Hall–Kier alpha value is -2.00. The molecule has 1 saturated heterocycles. The van der Waals surface area contributed by atoms with Crippen LogP contribution in [0.3, 0.4) is 0 Å². The van der Waals surface area contributed by atoms with Crippen LogP contribution in [0.5, 0.6) is 0 Å². The van der Waals surface area contributed by atoms with Gasteiger partial charge in [-0.3, -0.25) is 0 Å². The summed E-state index contributed by atoms with van der Waals surface area (Å²) in [5.74, 6) is -1.13. The molecular weight excluding hydrogens is 432 g/mol. The summed E-state index contributed by atoms with van der Waals surface area (Å²) in [6.07, 6.45) is 3.71. The zero-order valence-electron chi connectivity index (χ0n) is 15.5. The molecule has 2 aromatic heterocycles. The molecular formula is C20H19ClN2O4S2. The van der Waals surface area contributed by atoms with Crippen molar-refractivity contribution in [2.24, 2.45) is 0 Å². The van der Waals surface area contributed by atoms with E-state index < -0.39 is 16.0 Å². The van der Waals surface area contributed by atoms with Gasteiger partial charge in [-0.2, -0.15) is 4.31 Å². The number of carboxylic acid groups (broad SMARTS) is 1. The van der Waals surface area contributed by atoms with Gasteiger partial charge >= 0.3 is 5.97 Å². The Morgan fingerprint density at radius 2 is 1.79 bits per heavy atom. The van der Waals surface area contributed by atoms with Crippen molar-refractivity contribution in [3.05, 3.63) is 46.3 Å². The standard InChI is InChI=1S/C20H19ClN2O4S2/c21-19-8-7-18(28-19)17-12-15(20(24)25)14-11-13(5-6-16(14)22-17)29(26,27)23-9-3-1-2-4-10-23/h5-8,11-12H,1-4,9-10H2,(H,24,25). The minimum atomic E-state index is -3.68. The Labute approximate surface area is 177 Å². The van der Waals surface area contributed by atoms with E-state index >= 15 is 0 Å². The van der Waals surface area contributed by atoms with Crippen LogP contribution in [-0.4, -0.2) is 41.9 Å². The zero-order valence-corrected chi connectivity index (χ0v) is 17.9. The highest BCUT2D eigenvalue weighted by molar-refractivity contribution is 7.89. The van der Waals surface area contributed by atoms with Gasteiger partial charge in [-0.15, -0.1) is 11.3 Å². The number of halogens is 1. The number of aromatic carboxylic acids is 1. The van der Waals surface area contributed by atoms with Crippen molar-refractivity contribution in [3.63, 3.8) is 0 Å². The third kappa shape index (κ3) is 4.02. The van der Waals surface area contributed by atoms with Crippen LogP contribution in [-0.2, 0) is 10.0 Å². The highest BCUT2D eigenvalue weighted by atomic mass is 35.5. The Balaban J connectivity index is 1.83. The Morgan fingerprint density at radius 1 is 1.07 bits per heavy atom. The average molecular weight is 451 g/mol. The quantitative estimate of drug-likeness (QED) is 0.612. The van der Waals surface area contributed by atoms with E-state index in [0.717, 1.165) is 30.6 Å². The van der Waals surface area contributed by atoms with E-state index in [-0.39, 0.29) is 10.5 Å². The average Bonchev–Trinajstić information content (AvgIpc) is 2.95. The summed E-state index contributed by atoms with van der Waals surface area (Å²) in [6, 6.07) is 9.49. The van der Waals surface area contributed by atoms with Gasteiger partial charge in [-0.1, -0.05) is 24.4 Å². The molecule has 0 amide bonds. The molecule has 0 spiro atoms. The number of sulfonamides is 1. The van der Waals surface area contributed by atoms with Crippen LogP contribution in [0.2, 0.25) is 4.34 Å². The molecule has 3 heterocycles. The lowest BCUT2D eigenvalue weighted by molar-refractivity contribution is 0.0699. The van der Waals surface area contributed by atoms with Gasteiger partial charge in [0.1, 0.15) is 0 Å². The second kappa shape index (κ2) is 8.02. The molecule has 3 aromatic rings. The number of rotatable bonds is 4. The van der Waals surface area contributed by atoms with E-state index in [2.05, 4.69) is 4.98 Å². The van der Waals surface area contributed by atoms with Crippen molar-refractivity contribution in [2.45, 2.75) is 30.6 Å². The fraction of sp³-hybridized carbons (Fsp3) is 0.300. The van der Waals surface area contributed by atoms with Crippen LogP contribution in [0.15, 0.2) is 41.3 Å². The van der Waals surface area contributed by atoms with Crippen LogP contribution in [0.1, 0.15) is 36.0 Å². The predicted molar refractivity (Wildman–Crippen MR) is 114 cm³/mol. The van der Waals surface area contributed by atoms with Gasteiger partial charge < -0.3 is 5.11 Å². The summed E-state index contributed by atoms with van der Waals surface area (Å²) < 4.78 is 28.3. The number of thiophene rings is 1. The first-order valence-corrected chi connectivity index (χ1v) is 11.9. The van der Waals surface area contributed by atoms with E-state index in [1.54, 1.807) is 18.2 Å². The molecule has 4 rings (SSSR count). The number of hydrogen-bond acceptors (Lipinski definition) is 5. The number of hydrogen-bond donors (Lipinski definition) is 1. The molecule has 0 saturated carbocycles. The monoisotopic (exact) mass is 450 g/mol. The number of benzene rings is 1. The number of fused-ring (bicyclic) bond motifs is 1. The van der Waals surface area contributed by atoms with Crippen LogP contribution < -0.4 is 0 Å². The van der Waals surface area contributed by atoms with Crippen molar-refractivity contribution in [2.75, 3.05) is 13.1 Å². The lowest BCUT2D eigenvalue weighted by Gasteiger charge is -2.20. The van der Waals surface area contributed by atoms with Crippen LogP contribution in [0.4, 0.5) is 0 Å². The summed E-state index contributed by atoms with van der Waals surface area (Å²) in [5, 5.41) is 10.0. The number of pyridine rings is 1. The van der Waals surface area contributed by atoms with E-state index in [9.17, 15) is 18.3 Å². The molecule has 0 bridgehead atoms. The molecule has 29 heavy (non-hydrogen) atoms. The number of aromatic nitrogens is 1. The molecule has 152 valence electrons. The van der Waals surface area contributed by atoms with Crippen molar-refractivity contribution in [1.82, 2.24) is 9.29 Å². The largest absolute Gasteiger partial charge is 0.478 e. The van der Waals surface area contributed by atoms with Gasteiger partial charge in [-0.25, -0.2) is 18.2 Å². The van der Waals surface area contributed by atoms with Crippen molar-refractivity contribution in [1.29, 1.82) is 0 Å². The van der Waals surface area contributed by atoms with E-state index in [0.29, 0.717) is 34.0 Å². The topological polar surface area (TPSA) is 87.6 Å². The normalized spacial score (nSPS) is 16.0.